The summed E-state index contributed by atoms with van der Waals surface area (Å²) in [6.45, 7) is 8.16. The first kappa shape index (κ1) is 18.1. The first-order chi connectivity index (χ1) is 6.84. The maximum atomic E-state index is 11.5. The Hall–Kier alpha value is -0.320. The molecule has 4 N–H and O–H groups in total. The van der Waals surface area contributed by atoms with Crippen LogP contribution in [-0.4, -0.2) is 29.7 Å². The average Bonchev–Trinajstić information content (AvgIpc) is 2.11. The lowest BCUT2D eigenvalue weighted by Gasteiger charge is -2.18. The molecule has 0 rings (SSSR count). The van der Waals surface area contributed by atoms with Gasteiger partial charge in [0.2, 0.25) is 5.91 Å². The molecule has 0 bridgehead atoms. The highest BCUT2D eigenvalue weighted by molar-refractivity contribution is 5.85. The van der Waals surface area contributed by atoms with Gasteiger partial charge >= 0.3 is 0 Å². The molecule has 0 spiro atoms. The molecule has 0 heterocycles. The summed E-state index contributed by atoms with van der Waals surface area (Å²) in [5, 5.41) is 11.9. The van der Waals surface area contributed by atoms with Gasteiger partial charge in [-0.05, 0) is 25.2 Å². The van der Waals surface area contributed by atoms with Gasteiger partial charge in [-0.1, -0.05) is 20.8 Å². The highest BCUT2D eigenvalue weighted by atomic mass is 35.5. The Morgan fingerprint density at radius 2 is 1.81 bits per heavy atom. The predicted molar refractivity (Wildman–Crippen MR) is 68.5 cm³/mol. The van der Waals surface area contributed by atoms with E-state index in [2.05, 4.69) is 5.32 Å². The molecule has 16 heavy (non-hydrogen) atoms. The van der Waals surface area contributed by atoms with Crippen molar-refractivity contribution in [2.24, 2.45) is 17.6 Å². The highest BCUT2D eigenvalue weighted by Gasteiger charge is 2.17. The van der Waals surface area contributed by atoms with Crippen molar-refractivity contribution in [3.8, 4) is 0 Å². The van der Waals surface area contributed by atoms with E-state index in [9.17, 15) is 4.79 Å². The summed E-state index contributed by atoms with van der Waals surface area (Å²) in [6, 6.07) is -0.441. The minimum atomic E-state index is -0.441. The number of halogens is 1. The molecule has 5 heteroatoms. The van der Waals surface area contributed by atoms with Crippen LogP contribution >= 0.6 is 12.4 Å². The number of nitrogens with one attached hydrogen (secondary N) is 1. The van der Waals surface area contributed by atoms with Gasteiger partial charge in [0.25, 0.3) is 0 Å². The quantitative estimate of drug-likeness (QED) is 0.658. The number of carbonyl (C=O) groups excluding carboxylic acids is 1. The van der Waals surface area contributed by atoms with E-state index >= 15 is 0 Å². The summed E-state index contributed by atoms with van der Waals surface area (Å²) in [5.74, 6) is 0.313. The summed E-state index contributed by atoms with van der Waals surface area (Å²) < 4.78 is 0. The largest absolute Gasteiger partial charge is 0.393 e. The van der Waals surface area contributed by atoms with Gasteiger partial charge in [0.15, 0.2) is 0 Å². The van der Waals surface area contributed by atoms with Crippen LogP contribution in [0.4, 0.5) is 0 Å². The van der Waals surface area contributed by atoms with E-state index in [1.165, 1.54) is 0 Å². The van der Waals surface area contributed by atoms with Crippen LogP contribution in [-0.2, 0) is 4.79 Å². The Bertz CT molecular complexity index is 198. The van der Waals surface area contributed by atoms with Gasteiger partial charge in [0, 0.05) is 6.54 Å². The molecule has 0 saturated carbocycles. The molecule has 1 amide bonds. The van der Waals surface area contributed by atoms with E-state index < -0.39 is 6.04 Å². The molecular weight excluding hydrogens is 228 g/mol. The van der Waals surface area contributed by atoms with Gasteiger partial charge in [-0.3, -0.25) is 4.79 Å². The third kappa shape index (κ3) is 7.91. The zero-order valence-corrected chi connectivity index (χ0v) is 11.4. The van der Waals surface area contributed by atoms with Gasteiger partial charge in [0.05, 0.1) is 12.1 Å². The maximum absolute atomic E-state index is 11.5. The molecule has 0 aliphatic heterocycles. The molecular formula is C11H25ClN2O2. The Morgan fingerprint density at radius 3 is 2.19 bits per heavy atom. The number of hydrogen-bond acceptors (Lipinski definition) is 3. The SMILES string of the molecule is CC(O)CC(C)CNC(=O)[C@@H](N)C(C)C.Cl. The van der Waals surface area contributed by atoms with Crippen molar-refractivity contribution >= 4 is 18.3 Å². The monoisotopic (exact) mass is 252 g/mol. The summed E-state index contributed by atoms with van der Waals surface area (Å²) in [5.41, 5.74) is 5.69. The van der Waals surface area contributed by atoms with Crippen molar-refractivity contribution in [1.82, 2.24) is 5.32 Å². The van der Waals surface area contributed by atoms with Crippen molar-refractivity contribution in [2.45, 2.75) is 46.3 Å². The average molecular weight is 253 g/mol. The van der Waals surface area contributed by atoms with Crippen LogP contribution in [0.15, 0.2) is 0 Å². The Kier molecular flexibility index (Phi) is 9.92. The minimum absolute atomic E-state index is 0. The van der Waals surface area contributed by atoms with E-state index in [1.54, 1.807) is 6.92 Å². The number of amides is 1. The number of aliphatic hydroxyl groups is 1. The number of rotatable bonds is 6. The van der Waals surface area contributed by atoms with Crippen molar-refractivity contribution in [2.75, 3.05) is 6.54 Å². The summed E-state index contributed by atoms with van der Waals surface area (Å²) in [6.07, 6.45) is 0.368. The lowest BCUT2D eigenvalue weighted by Crippen LogP contribution is -2.45. The third-order valence-corrected chi connectivity index (χ3v) is 2.39. The minimum Gasteiger partial charge on any atom is -0.393 e. The van der Waals surface area contributed by atoms with Crippen LogP contribution in [0, 0.1) is 11.8 Å². The second kappa shape index (κ2) is 8.79. The first-order valence-electron chi connectivity index (χ1n) is 5.56. The molecule has 98 valence electrons. The zero-order chi connectivity index (χ0) is 12.0. The molecule has 0 fully saturated rings. The molecule has 0 saturated heterocycles. The van der Waals surface area contributed by atoms with E-state index in [1.807, 2.05) is 20.8 Å². The van der Waals surface area contributed by atoms with E-state index in [0.29, 0.717) is 13.0 Å². The van der Waals surface area contributed by atoms with Crippen LogP contribution in [0.25, 0.3) is 0 Å². The molecule has 4 nitrogen and oxygen atoms in total. The second-order valence-corrected chi connectivity index (χ2v) is 4.70. The molecule has 2 unspecified atom stereocenters. The topological polar surface area (TPSA) is 75.3 Å². The van der Waals surface area contributed by atoms with E-state index in [-0.39, 0.29) is 36.3 Å². The van der Waals surface area contributed by atoms with Gasteiger partial charge in [-0.25, -0.2) is 0 Å². The Balaban J connectivity index is 0. The Morgan fingerprint density at radius 1 is 1.31 bits per heavy atom. The predicted octanol–water partition coefficient (Wildman–Crippen LogP) is 0.915. The normalized spacial score (nSPS) is 16.2. The van der Waals surface area contributed by atoms with Gasteiger partial charge in [-0.15, -0.1) is 12.4 Å². The van der Waals surface area contributed by atoms with Gasteiger partial charge in [-0.2, -0.15) is 0 Å². The van der Waals surface area contributed by atoms with Crippen LogP contribution in [0.3, 0.4) is 0 Å². The lowest BCUT2D eigenvalue weighted by molar-refractivity contribution is -0.123. The first-order valence-corrected chi connectivity index (χ1v) is 5.56. The van der Waals surface area contributed by atoms with E-state index in [0.717, 1.165) is 0 Å². The maximum Gasteiger partial charge on any atom is 0.237 e. The van der Waals surface area contributed by atoms with Gasteiger partial charge < -0.3 is 16.2 Å². The highest BCUT2D eigenvalue weighted by Crippen LogP contribution is 2.04. The summed E-state index contributed by atoms with van der Waals surface area (Å²) in [4.78, 5) is 11.5. The number of aliphatic hydroxyl groups excluding tert-OH is 1. The fourth-order valence-corrected chi connectivity index (χ4v) is 1.36. The summed E-state index contributed by atoms with van der Waals surface area (Å²) >= 11 is 0. The number of nitrogens with two attached hydrogens (primary N) is 1. The smallest absolute Gasteiger partial charge is 0.237 e. The van der Waals surface area contributed by atoms with Crippen LogP contribution in [0.1, 0.15) is 34.1 Å². The van der Waals surface area contributed by atoms with Crippen molar-refractivity contribution in [3.05, 3.63) is 0 Å². The molecule has 0 aromatic rings. The van der Waals surface area contributed by atoms with Crippen LogP contribution < -0.4 is 11.1 Å². The molecule has 3 atom stereocenters. The third-order valence-electron chi connectivity index (χ3n) is 2.39. The molecule has 0 aromatic heterocycles. The van der Waals surface area contributed by atoms with Crippen molar-refractivity contribution in [3.63, 3.8) is 0 Å². The zero-order valence-electron chi connectivity index (χ0n) is 10.6. The van der Waals surface area contributed by atoms with E-state index in [4.69, 9.17) is 10.8 Å². The molecule has 0 aromatic carbocycles. The fraction of sp³-hybridized carbons (Fsp3) is 0.909. The van der Waals surface area contributed by atoms with Crippen LogP contribution in [0.5, 0.6) is 0 Å². The standard InChI is InChI=1S/C11H24N2O2.ClH/c1-7(2)10(12)11(15)13-6-8(3)5-9(4)14;/h7-10,14H,5-6,12H2,1-4H3,(H,13,15);1H/t8?,9?,10-;/m0./s1. The van der Waals surface area contributed by atoms with Gasteiger partial charge in [0.1, 0.15) is 0 Å². The molecule has 0 radical (unpaired) electrons. The lowest BCUT2D eigenvalue weighted by atomic mass is 10.0. The second-order valence-electron chi connectivity index (χ2n) is 4.70. The number of hydrogen-bond donors (Lipinski definition) is 3. The Labute approximate surface area is 104 Å². The molecule has 0 aliphatic carbocycles. The van der Waals surface area contributed by atoms with Crippen molar-refractivity contribution < 1.29 is 9.90 Å². The fourth-order valence-electron chi connectivity index (χ4n) is 1.36. The summed E-state index contributed by atoms with van der Waals surface area (Å²) in [7, 11) is 0. The number of carbonyl (C=O) groups is 1. The van der Waals surface area contributed by atoms with Crippen LogP contribution in [0.2, 0.25) is 0 Å². The molecule has 0 aliphatic rings. The van der Waals surface area contributed by atoms with Crippen molar-refractivity contribution in [1.29, 1.82) is 0 Å².